The topological polar surface area (TPSA) is 60.4 Å². The van der Waals surface area contributed by atoms with Crippen LogP contribution in [0.15, 0.2) is 41.3 Å². The number of phenols is 1. The van der Waals surface area contributed by atoms with E-state index in [0.29, 0.717) is 11.1 Å². The zero-order chi connectivity index (χ0) is 13.3. The van der Waals surface area contributed by atoms with Crippen LogP contribution in [0.25, 0.3) is 11.1 Å². The highest BCUT2D eigenvalue weighted by Crippen LogP contribution is 2.29. The molecule has 0 saturated carbocycles. The van der Waals surface area contributed by atoms with E-state index < -0.39 is 16.9 Å². The van der Waals surface area contributed by atoms with E-state index in [1.54, 1.807) is 0 Å². The van der Waals surface area contributed by atoms with Gasteiger partial charge in [-0.1, -0.05) is 17.7 Å². The van der Waals surface area contributed by atoms with Crippen LogP contribution in [-0.2, 0) is 11.1 Å². The van der Waals surface area contributed by atoms with E-state index in [4.69, 9.17) is 11.6 Å². The summed E-state index contributed by atoms with van der Waals surface area (Å²) in [4.78, 5) is -0.0505. The van der Waals surface area contributed by atoms with Crippen molar-refractivity contribution < 1.29 is 18.3 Å². The van der Waals surface area contributed by atoms with Crippen LogP contribution in [0.4, 0.5) is 4.39 Å². The first kappa shape index (κ1) is 13.0. The Labute approximate surface area is 110 Å². The number of aromatic hydroxyl groups is 1. The highest BCUT2D eigenvalue weighted by Gasteiger charge is 2.06. The van der Waals surface area contributed by atoms with Crippen molar-refractivity contribution in [3.8, 4) is 16.9 Å². The summed E-state index contributed by atoms with van der Waals surface area (Å²) in [5, 5.41) is 9.38. The summed E-state index contributed by atoms with van der Waals surface area (Å²) in [7, 11) is 0. The van der Waals surface area contributed by atoms with Crippen LogP contribution in [0.1, 0.15) is 0 Å². The third kappa shape index (κ3) is 2.69. The van der Waals surface area contributed by atoms with Gasteiger partial charge in [-0.25, -0.2) is 4.39 Å². The van der Waals surface area contributed by atoms with Gasteiger partial charge in [-0.15, -0.1) is 0 Å². The fourth-order valence-electron chi connectivity index (χ4n) is 1.52. The first-order chi connectivity index (χ1) is 8.47. The molecule has 0 aliphatic carbocycles. The van der Waals surface area contributed by atoms with Gasteiger partial charge in [0, 0.05) is 4.90 Å². The van der Waals surface area contributed by atoms with Crippen molar-refractivity contribution in [2.24, 2.45) is 0 Å². The van der Waals surface area contributed by atoms with E-state index in [1.807, 2.05) is 0 Å². The molecule has 18 heavy (non-hydrogen) atoms. The summed E-state index contributed by atoms with van der Waals surface area (Å²) in [5.74, 6) is -0.750. The van der Waals surface area contributed by atoms with Crippen LogP contribution in [0.3, 0.4) is 0 Å². The number of benzene rings is 2. The molecule has 0 fully saturated rings. The molecule has 94 valence electrons. The van der Waals surface area contributed by atoms with Crippen molar-refractivity contribution in [2.45, 2.75) is 4.90 Å². The van der Waals surface area contributed by atoms with E-state index in [1.165, 1.54) is 30.3 Å². The van der Waals surface area contributed by atoms with E-state index in [9.17, 15) is 18.3 Å². The van der Waals surface area contributed by atoms with Gasteiger partial charge in [0.1, 0.15) is 11.6 Å². The Kier molecular flexibility index (Phi) is 3.65. The van der Waals surface area contributed by atoms with E-state index in [-0.39, 0.29) is 15.7 Å². The van der Waals surface area contributed by atoms with Gasteiger partial charge in [0.05, 0.1) is 5.02 Å². The minimum Gasteiger partial charge on any atom is -0.768 e. The van der Waals surface area contributed by atoms with Crippen molar-refractivity contribution >= 4 is 22.7 Å². The summed E-state index contributed by atoms with van der Waals surface area (Å²) in [6.07, 6.45) is 0. The number of halogens is 2. The molecule has 0 aliphatic heterocycles. The molecule has 3 nitrogen and oxygen atoms in total. The highest BCUT2D eigenvalue weighted by atomic mass is 35.5. The minimum atomic E-state index is -2.45. The quantitative estimate of drug-likeness (QED) is 0.863. The van der Waals surface area contributed by atoms with Crippen LogP contribution in [0.2, 0.25) is 5.02 Å². The van der Waals surface area contributed by atoms with Crippen molar-refractivity contribution in [3.63, 3.8) is 0 Å². The third-order valence-electron chi connectivity index (χ3n) is 2.34. The maximum absolute atomic E-state index is 13.0. The molecule has 6 heteroatoms. The molecule has 1 atom stereocenters. The molecule has 0 aromatic heterocycles. The van der Waals surface area contributed by atoms with Gasteiger partial charge in [0.25, 0.3) is 0 Å². The highest BCUT2D eigenvalue weighted by molar-refractivity contribution is 7.79. The van der Waals surface area contributed by atoms with Gasteiger partial charge in [0.15, 0.2) is 0 Å². The first-order valence-corrected chi connectivity index (χ1v) is 6.31. The lowest BCUT2D eigenvalue weighted by molar-refractivity contribution is 0.472. The molecule has 1 unspecified atom stereocenters. The van der Waals surface area contributed by atoms with E-state index in [0.717, 1.165) is 6.07 Å². The standard InChI is InChI=1S/C12H8ClFO3S/c13-11-5-7(1-2-12(11)14)8-3-9(15)6-10(4-8)18(16)17/h1-6,15H,(H,16,17)/p-1. The van der Waals surface area contributed by atoms with Crippen molar-refractivity contribution in [1.29, 1.82) is 0 Å². The van der Waals surface area contributed by atoms with Crippen LogP contribution >= 0.6 is 11.6 Å². The molecule has 0 amide bonds. The zero-order valence-electron chi connectivity index (χ0n) is 8.89. The predicted octanol–water partition coefficient (Wildman–Crippen LogP) is 3.09. The molecule has 2 aromatic carbocycles. The fraction of sp³-hybridized carbons (Fsp3) is 0. The van der Waals surface area contributed by atoms with Gasteiger partial charge >= 0.3 is 0 Å². The van der Waals surface area contributed by atoms with Crippen LogP contribution in [0.5, 0.6) is 5.75 Å². The van der Waals surface area contributed by atoms with Crippen molar-refractivity contribution in [1.82, 2.24) is 0 Å². The smallest absolute Gasteiger partial charge is 0.141 e. The van der Waals surface area contributed by atoms with Gasteiger partial charge in [0.2, 0.25) is 0 Å². The van der Waals surface area contributed by atoms with Gasteiger partial charge < -0.3 is 9.66 Å². The Balaban J connectivity index is 2.56. The maximum atomic E-state index is 13.0. The summed E-state index contributed by atoms with van der Waals surface area (Å²) < 4.78 is 34.7. The molecule has 2 rings (SSSR count). The molecule has 1 N–H and O–H groups in total. The molecular weight excluding hydrogens is 279 g/mol. The Morgan fingerprint density at radius 1 is 1.17 bits per heavy atom. The van der Waals surface area contributed by atoms with Crippen molar-refractivity contribution in [3.05, 3.63) is 47.2 Å². The lowest BCUT2D eigenvalue weighted by Gasteiger charge is -2.09. The zero-order valence-corrected chi connectivity index (χ0v) is 10.5. The summed E-state index contributed by atoms with van der Waals surface area (Å²) in [5.41, 5.74) is 0.958. The lowest BCUT2D eigenvalue weighted by atomic mass is 10.1. The monoisotopic (exact) mass is 285 g/mol. The number of phenolic OH excluding ortho intramolecular Hbond substituents is 1. The molecule has 0 bridgehead atoms. The second kappa shape index (κ2) is 5.06. The number of hydrogen-bond donors (Lipinski definition) is 1. The Bertz CT molecular complexity index is 631. The molecule has 2 aromatic rings. The molecule has 0 radical (unpaired) electrons. The van der Waals surface area contributed by atoms with Gasteiger partial charge in [-0.2, -0.15) is 0 Å². The number of hydrogen-bond acceptors (Lipinski definition) is 3. The molecular formula is C12H7ClFO3S-. The second-order valence-corrected chi connectivity index (χ2v) is 4.93. The van der Waals surface area contributed by atoms with Gasteiger partial charge in [-0.05, 0) is 52.5 Å². The van der Waals surface area contributed by atoms with Crippen LogP contribution in [0, 0.1) is 5.82 Å². The van der Waals surface area contributed by atoms with Crippen LogP contribution < -0.4 is 0 Å². The Morgan fingerprint density at radius 2 is 1.89 bits per heavy atom. The summed E-state index contributed by atoms with van der Waals surface area (Å²) in [6.45, 7) is 0. The average molecular weight is 286 g/mol. The second-order valence-electron chi connectivity index (χ2n) is 3.58. The largest absolute Gasteiger partial charge is 0.768 e. The molecule has 0 heterocycles. The minimum absolute atomic E-state index is 0.0505. The lowest BCUT2D eigenvalue weighted by Crippen LogP contribution is -1.90. The normalized spacial score (nSPS) is 12.4. The number of rotatable bonds is 2. The predicted molar refractivity (Wildman–Crippen MR) is 65.7 cm³/mol. The first-order valence-electron chi connectivity index (χ1n) is 4.86. The van der Waals surface area contributed by atoms with E-state index in [2.05, 4.69) is 0 Å². The SMILES string of the molecule is O=S([O-])c1cc(O)cc(-c2ccc(F)c(Cl)c2)c1. The molecule has 0 saturated heterocycles. The third-order valence-corrected chi connectivity index (χ3v) is 3.25. The van der Waals surface area contributed by atoms with E-state index >= 15 is 0 Å². The Morgan fingerprint density at radius 3 is 2.50 bits per heavy atom. The Hall–Kier alpha value is -1.43. The molecule has 0 spiro atoms. The van der Waals surface area contributed by atoms with Crippen LogP contribution in [-0.4, -0.2) is 13.9 Å². The average Bonchev–Trinajstić information content (AvgIpc) is 2.31. The summed E-state index contributed by atoms with van der Waals surface area (Å²) in [6, 6.07) is 7.86. The molecule has 0 aliphatic rings. The maximum Gasteiger partial charge on any atom is 0.141 e. The fourth-order valence-corrected chi connectivity index (χ4v) is 2.14. The van der Waals surface area contributed by atoms with Gasteiger partial charge in [-0.3, -0.25) is 4.21 Å². The van der Waals surface area contributed by atoms with Crippen molar-refractivity contribution in [2.75, 3.05) is 0 Å². The summed E-state index contributed by atoms with van der Waals surface area (Å²) >= 11 is 3.20.